The second-order valence-electron chi connectivity index (χ2n) is 8.05. The summed E-state index contributed by atoms with van der Waals surface area (Å²) in [6.45, 7) is -1.50. The Balaban J connectivity index is 2.15. The standard InChI is InChI=1S/C19H32N2O11/c1-30-17-10(4-19(29,8-23)5-11(17)24)21-9(2-3-13(20)25)7-31-18-16(28)15(27)14(26)12(6-22)32-18/h9,12,14-16,18,21-23,26-29H,2-8H2,1H3,(H2,20,25)/t9?,12-,14-,15+,16-,18-,19?/m1/s1. The van der Waals surface area contributed by atoms with Gasteiger partial charge in [0, 0.05) is 25.3 Å². The molecule has 7 atom stereocenters. The number of nitrogens with two attached hydrogens (primary N) is 1. The van der Waals surface area contributed by atoms with Crippen LogP contribution in [0.5, 0.6) is 0 Å². The zero-order valence-corrected chi connectivity index (χ0v) is 17.7. The van der Waals surface area contributed by atoms with Gasteiger partial charge >= 0.3 is 0 Å². The fourth-order valence-electron chi connectivity index (χ4n) is 3.66. The first-order valence-electron chi connectivity index (χ1n) is 10.2. The first kappa shape index (κ1) is 26.4. The summed E-state index contributed by atoms with van der Waals surface area (Å²) in [4.78, 5) is 23.6. The number of carbonyl (C=O) groups is 2. The molecule has 13 nitrogen and oxygen atoms in total. The van der Waals surface area contributed by atoms with Gasteiger partial charge in [-0.3, -0.25) is 9.59 Å². The smallest absolute Gasteiger partial charge is 0.217 e. The summed E-state index contributed by atoms with van der Waals surface area (Å²) < 4.78 is 16.0. The maximum absolute atomic E-state index is 12.3. The summed E-state index contributed by atoms with van der Waals surface area (Å²) in [6.07, 6.45) is -7.75. The number of hydrogen-bond acceptors (Lipinski definition) is 12. The Labute approximate surface area is 184 Å². The highest BCUT2D eigenvalue weighted by atomic mass is 16.7. The number of ether oxygens (including phenoxy) is 3. The predicted octanol–water partition coefficient (Wildman–Crippen LogP) is -4.03. The molecule has 13 heteroatoms. The van der Waals surface area contributed by atoms with Crippen LogP contribution in [0.2, 0.25) is 0 Å². The molecule has 1 saturated heterocycles. The lowest BCUT2D eigenvalue weighted by Gasteiger charge is -2.40. The lowest BCUT2D eigenvalue weighted by atomic mass is 9.86. The number of hydrogen-bond donors (Lipinski definition) is 8. The molecule has 0 aromatic rings. The first-order chi connectivity index (χ1) is 15.0. The van der Waals surface area contributed by atoms with E-state index in [1.807, 2.05) is 0 Å². The van der Waals surface area contributed by atoms with Crippen LogP contribution in [0.15, 0.2) is 11.5 Å². The van der Waals surface area contributed by atoms with Gasteiger partial charge in [-0.1, -0.05) is 0 Å². The minimum absolute atomic E-state index is 0.0416. The van der Waals surface area contributed by atoms with Gasteiger partial charge in [-0.25, -0.2) is 0 Å². The molecular weight excluding hydrogens is 432 g/mol. The quantitative estimate of drug-likeness (QED) is 0.146. The van der Waals surface area contributed by atoms with Crippen molar-refractivity contribution in [3.05, 3.63) is 11.5 Å². The third kappa shape index (κ3) is 6.36. The van der Waals surface area contributed by atoms with E-state index in [-0.39, 0.29) is 43.7 Å². The average Bonchev–Trinajstić information content (AvgIpc) is 2.74. The van der Waals surface area contributed by atoms with Gasteiger partial charge in [0.1, 0.15) is 30.0 Å². The average molecular weight is 464 g/mol. The second kappa shape index (κ2) is 11.3. The molecule has 2 unspecified atom stereocenters. The number of nitrogens with one attached hydrogen (secondary N) is 1. The Morgan fingerprint density at radius 3 is 2.50 bits per heavy atom. The Bertz CT molecular complexity index is 701. The van der Waals surface area contributed by atoms with Crippen molar-refractivity contribution in [3.8, 4) is 0 Å². The first-order valence-corrected chi connectivity index (χ1v) is 10.2. The van der Waals surface area contributed by atoms with E-state index < -0.39 is 67.3 Å². The van der Waals surface area contributed by atoms with Crippen molar-refractivity contribution < 1.29 is 54.4 Å². The topological polar surface area (TPSA) is 221 Å². The van der Waals surface area contributed by atoms with Crippen molar-refractivity contribution >= 4 is 11.7 Å². The van der Waals surface area contributed by atoms with Crippen LogP contribution < -0.4 is 11.1 Å². The van der Waals surface area contributed by atoms with E-state index in [1.54, 1.807) is 0 Å². The van der Waals surface area contributed by atoms with E-state index in [2.05, 4.69) is 5.32 Å². The Hall–Kier alpha value is -1.84. The third-order valence-electron chi connectivity index (χ3n) is 5.45. The van der Waals surface area contributed by atoms with E-state index in [1.165, 1.54) is 7.11 Å². The number of carbonyl (C=O) groups excluding carboxylic acids is 2. The van der Waals surface area contributed by atoms with Crippen molar-refractivity contribution in [2.24, 2.45) is 5.73 Å². The summed E-state index contributed by atoms with van der Waals surface area (Å²) in [5.41, 5.74) is 3.72. The largest absolute Gasteiger partial charge is 0.491 e. The van der Waals surface area contributed by atoms with E-state index in [4.69, 9.17) is 19.9 Å². The van der Waals surface area contributed by atoms with Crippen LogP contribution in [0.3, 0.4) is 0 Å². The number of methoxy groups -OCH3 is 1. The minimum atomic E-state index is -1.69. The van der Waals surface area contributed by atoms with Crippen LogP contribution in [0.1, 0.15) is 25.7 Å². The molecule has 0 bridgehead atoms. The van der Waals surface area contributed by atoms with Crippen molar-refractivity contribution in [2.75, 3.05) is 26.9 Å². The molecule has 2 aliphatic rings. The molecule has 1 aliphatic carbocycles. The monoisotopic (exact) mass is 464 g/mol. The summed E-state index contributed by atoms with van der Waals surface area (Å²) in [5, 5.41) is 62.0. The van der Waals surface area contributed by atoms with Crippen molar-refractivity contribution in [3.63, 3.8) is 0 Å². The normalized spacial score (nSPS) is 34.3. The maximum Gasteiger partial charge on any atom is 0.217 e. The molecule has 1 amide bonds. The van der Waals surface area contributed by atoms with Gasteiger partial charge in [0.05, 0.1) is 32.6 Å². The molecule has 9 N–H and O–H groups in total. The van der Waals surface area contributed by atoms with Crippen LogP contribution in [0, 0.1) is 0 Å². The molecule has 2 rings (SSSR count). The number of primary amides is 1. The molecule has 0 saturated carbocycles. The zero-order valence-electron chi connectivity index (χ0n) is 17.7. The van der Waals surface area contributed by atoms with Crippen molar-refractivity contribution in [1.82, 2.24) is 5.32 Å². The predicted molar refractivity (Wildman–Crippen MR) is 105 cm³/mol. The van der Waals surface area contributed by atoms with Gasteiger partial charge in [-0.05, 0) is 6.42 Å². The van der Waals surface area contributed by atoms with E-state index in [9.17, 15) is 40.2 Å². The zero-order chi connectivity index (χ0) is 24.1. The molecular formula is C19H32N2O11. The van der Waals surface area contributed by atoms with Crippen LogP contribution in [-0.2, 0) is 23.8 Å². The Morgan fingerprint density at radius 1 is 1.25 bits per heavy atom. The van der Waals surface area contributed by atoms with Crippen molar-refractivity contribution in [1.29, 1.82) is 0 Å². The number of ketones is 1. The second-order valence-corrected chi connectivity index (χ2v) is 8.05. The van der Waals surface area contributed by atoms with Gasteiger partial charge in [-0.15, -0.1) is 0 Å². The molecule has 0 aromatic heterocycles. The van der Waals surface area contributed by atoms with Crippen LogP contribution in [-0.4, -0.2) is 112 Å². The summed E-state index contributed by atoms with van der Waals surface area (Å²) >= 11 is 0. The summed E-state index contributed by atoms with van der Waals surface area (Å²) in [6, 6.07) is -0.691. The van der Waals surface area contributed by atoms with Crippen LogP contribution >= 0.6 is 0 Å². The van der Waals surface area contributed by atoms with Gasteiger partial charge in [-0.2, -0.15) is 0 Å². The molecule has 0 radical (unpaired) electrons. The van der Waals surface area contributed by atoms with Crippen molar-refractivity contribution in [2.45, 2.75) is 68.0 Å². The highest BCUT2D eigenvalue weighted by Crippen LogP contribution is 2.30. The van der Waals surface area contributed by atoms with Crippen LogP contribution in [0.25, 0.3) is 0 Å². The fourth-order valence-corrected chi connectivity index (χ4v) is 3.66. The molecule has 0 spiro atoms. The molecule has 1 heterocycles. The molecule has 184 valence electrons. The molecule has 0 aromatic carbocycles. The highest BCUT2D eigenvalue weighted by Gasteiger charge is 2.44. The van der Waals surface area contributed by atoms with Crippen LogP contribution in [0.4, 0.5) is 0 Å². The van der Waals surface area contributed by atoms with Gasteiger partial charge in [0.25, 0.3) is 0 Å². The number of rotatable bonds is 11. The lowest BCUT2D eigenvalue weighted by Crippen LogP contribution is -2.59. The van der Waals surface area contributed by atoms with E-state index >= 15 is 0 Å². The highest BCUT2D eigenvalue weighted by molar-refractivity contribution is 5.95. The fraction of sp³-hybridized carbons (Fsp3) is 0.789. The van der Waals surface area contributed by atoms with Gasteiger partial charge in [0.2, 0.25) is 11.7 Å². The van der Waals surface area contributed by atoms with E-state index in [0.29, 0.717) is 0 Å². The summed E-state index contributed by atoms with van der Waals surface area (Å²) in [5.74, 6) is -1.17. The minimum Gasteiger partial charge on any atom is -0.491 e. The maximum atomic E-state index is 12.3. The number of aliphatic hydroxyl groups excluding tert-OH is 5. The molecule has 32 heavy (non-hydrogen) atoms. The lowest BCUT2D eigenvalue weighted by molar-refractivity contribution is -0.302. The Kier molecular flexibility index (Phi) is 9.36. The summed E-state index contributed by atoms with van der Waals surface area (Å²) in [7, 11) is 1.28. The molecule has 1 aliphatic heterocycles. The number of aliphatic hydroxyl groups is 6. The number of amides is 1. The van der Waals surface area contributed by atoms with Gasteiger partial charge in [0.15, 0.2) is 12.0 Å². The van der Waals surface area contributed by atoms with Gasteiger partial charge < -0.3 is 55.9 Å². The number of allylic oxidation sites excluding steroid dienone is 1. The Morgan fingerprint density at radius 2 is 1.94 bits per heavy atom. The number of Topliss-reactive ketones (excluding diaryl/α,β-unsaturated/α-hetero) is 1. The molecule has 1 fully saturated rings. The third-order valence-corrected chi connectivity index (χ3v) is 5.45. The SMILES string of the molecule is COC1=C(NC(CCC(N)=O)CO[C@@H]2O[C@H](CO)[C@@H](O)[C@H](O)[C@H]2O)CC(O)(CO)CC1=O. The van der Waals surface area contributed by atoms with E-state index in [0.717, 1.165) is 0 Å².